The van der Waals surface area contributed by atoms with Crippen LogP contribution in [0.2, 0.25) is 0 Å². The zero-order valence-electron chi connectivity index (χ0n) is 14.1. The van der Waals surface area contributed by atoms with E-state index < -0.39 is 7.82 Å². The Morgan fingerprint density at radius 1 is 1.13 bits per heavy atom. The molecule has 1 unspecified atom stereocenters. The molecule has 0 spiro atoms. The van der Waals surface area contributed by atoms with Crippen LogP contribution in [-0.4, -0.2) is 12.5 Å². The monoisotopic (exact) mass is 377 g/mol. The number of benzene rings is 1. The minimum atomic E-state index is -4.31. The second-order valence-electron chi connectivity index (χ2n) is 5.28. The van der Waals surface area contributed by atoms with Crippen molar-refractivity contribution in [3.05, 3.63) is 23.8 Å². The highest BCUT2D eigenvalue weighted by molar-refractivity contribution is 7.98. The minimum absolute atomic E-state index is 0.330. The molecule has 0 amide bonds. The maximum Gasteiger partial charge on any atom is 0.331 e. The van der Waals surface area contributed by atoms with E-state index in [0.717, 1.165) is 29.8 Å². The molecule has 0 heterocycles. The van der Waals surface area contributed by atoms with Gasteiger partial charge in [-0.25, -0.2) is 3.97 Å². The van der Waals surface area contributed by atoms with E-state index in [1.807, 2.05) is 18.4 Å². The molecule has 0 aromatic heterocycles. The summed E-state index contributed by atoms with van der Waals surface area (Å²) in [6.07, 6.45) is 12.0. The summed E-state index contributed by atoms with van der Waals surface area (Å²) in [5.74, 6) is 0.330. The van der Waals surface area contributed by atoms with Crippen LogP contribution in [0, 0.1) is 0 Å². The Hall–Kier alpha value is -0.130. The van der Waals surface area contributed by atoms with Gasteiger partial charge in [-0.1, -0.05) is 45.1 Å². The molecule has 0 radical (unpaired) electrons. The van der Waals surface area contributed by atoms with Crippen molar-refractivity contribution in [3.63, 3.8) is 0 Å². The van der Waals surface area contributed by atoms with E-state index in [9.17, 15) is 9.46 Å². The zero-order chi connectivity index (χ0) is 17.1. The van der Waals surface area contributed by atoms with E-state index >= 15 is 0 Å². The quantitative estimate of drug-likeness (QED) is 0.209. The summed E-state index contributed by atoms with van der Waals surface area (Å²) in [6, 6.07) is 5.65. The molecular formula is C16H26O4PS2-. The molecule has 0 aliphatic heterocycles. The van der Waals surface area contributed by atoms with Gasteiger partial charge in [0.25, 0.3) is 0 Å². The van der Waals surface area contributed by atoms with Crippen LogP contribution in [0.3, 0.4) is 0 Å². The summed E-state index contributed by atoms with van der Waals surface area (Å²) < 4.78 is 21.2. The van der Waals surface area contributed by atoms with Crippen molar-refractivity contribution in [3.8, 4) is 5.75 Å². The molecular weight excluding hydrogens is 351 g/mol. The van der Waals surface area contributed by atoms with E-state index in [1.165, 1.54) is 55.7 Å². The Bertz CT molecular complexity index is 511. The Labute approximate surface area is 148 Å². The van der Waals surface area contributed by atoms with Crippen molar-refractivity contribution in [1.82, 2.24) is 0 Å². The Kier molecular flexibility index (Phi) is 10.4. The van der Waals surface area contributed by atoms with E-state index in [-0.39, 0.29) is 0 Å². The summed E-state index contributed by atoms with van der Waals surface area (Å²) in [6.45, 7) is 2.22. The largest absolute Gasteiger partial charge is 0.745 e. The van der Waals surface area contributed by atoms with Gasteiger partial charge in [-0.05, 0) is 48.8 Å². The van der Waals surface area contributed by atoms with Crippen LogP contribution in [0.4, 0.5) is 0 Å². The predicted molar refractivity (Wildman–Crippen MR) is 98.1 cm³/mol. The number of hydrogen-bond donors (Lipinski definition) is 0. The molecule has 1 aromatic rings. The number of hydrogen-bond acceptors (Lipinski definition) is 6. The van der Waals surface area contributed by atoms with Crippen molar-refractivity contribution < 1.29 is 18.0 Å². The first-order chi connectivity index (χ1) is 11.0. The summed E-state index contributed by atoms with van der Waals surface area (Å²) in [5.41, 5.74) is 1.21. The van der Waals surface area contributed by atoms with Crippen LogP contribution in [0.1, 0.15) is 51.0 Å². The Balaban J connectivity index is 2.57. The molecule has 4 nitrogen and oxygen atoms in total. The average Bonchev–Trinajstić information content (AvgIpc) is 2.51. The van der Waals surface area contributed by atoms with Gasteiger partial charge in [0.1, 0.15) is 5.75 Å². The highest BCUT2D eigenvalue weighted by atomic mass is 32.2. The zero-order valence-corrected chi connectivity index (χ0v) is 16.6. The van der Waals surface area contributed by atoms with Crippen LogP contribution >= 0.6 is 31.6 Å². The topological polar surface area (TPSA) is 58.6 Å². The number of rotatable bonds is 12. The molecule has 0 saturated carbocycles. The standard InChI is InChI=1S/C16H27O4PS2/c1-4-5-6-7-8-9-10-14-11-12-15(16(13-14)22-2)19-21(17,18)20-23-3/h11-13H,4-10H2,1-3H3,(H,17,18)/p-1. The highest BCUT2D eigenvalue weighted by Crippen LogP contribution is 2.45. The first-order valence-electron chi connectivity index (χ1n) is 7.92. The molecule has 1 atom stereocenters. The fourth-order valence-electron chi connectivity index (χ4n) is 2.28. The van der Waals surface area contributed by atoms with E-state index in [2.05, 4.69) is 10.9 Å². The van der Waals surface area contributed by atoms with Crippen molar-refractivity contribution in [2.24, 2.45) is 0 Å². The molecule has 132 valence electrons. The van der Waals surface area contributed by atoms with Gasteiger partial charge in [-0.15, -0.1) is 11.8 Å². The highest BCUT2D eigenvalue weighted by Gasteiger charge is 2.14. The minimum Gasteiger partial charge on any atom is -0.745 e. The van der Waals surface area contributed by atoms with Gasteiger partial charge < -0.3 is 9.42 Å². The molecule has 0 bridgehead atoms. The van der Waals surface area contributed by atoms with Gasteiger partial charge >= 0.3 is 7.82 Å². The number of thioether (sulfide) groups is 1. The van der Waals surface area contributed by atoms with Gasteiger partial charge in [0.2, 0.25) is 0 Å². The molecule has 0 saturated heterocycles. The van der Waals surface area contributed by atoms with Gasteiger partial charge in [-0.2, -0.15) is 0 Å². The van der Waals surface area contributed by atoms with Crippen molar-refractivity contribution >= 4 is 31.6 Å². The lowest BCUT2D eigenvalue weighted by Gasteiger charge is -2.22. The van der Waals surface area contributed by atoms with Crippen molar-refractivity contribution in [2.75, 3.05) is 12.5 Å². The Morgan fingerprint density at radius 3 is 2.48 bits per heavy atom. The first-order valence-corrected chi connectivity index (χ1v) is 11.8. The third-order valence-corrected chi connectivity index (χ3v) is 5.93. The number of unbranched alkanes of at least 4 members (excludes halogenated alkanes) is 5. The lowest BCUT2D eigenvalue weighted by molar-refractivity contribution is -0.207. The SMILES string of the molecule is CCCCCCCCc1ccc(OP(=O)([O-])OSC)c(SC)c1. The van der Waals surface area contributed by atoms with E-state index in [4.69, 9.17) is 4.52 Å². The van der Waals surface area contributed by atoms with E-state index in [1.54, 1.807) is 6.07 Å². The predicted octanol–water partition coefficient (Wildman–Crippen LogP) is 5.45. The van der Waals surface area contributed by atoms with Crippen LogP contribution in [-0.2, 0) is 15.0 Å². The summed E-state index contributed by atoms with van der Waals surface area (Å²) >= 11 is 2.23. The molecule has 0 aliphatic rings. The van der Waals surface area contributed by atoms with Crippen LogP contribution in [0.25, 0.3) is 0 Å². The molecule has 0 fully saturated rings. The van der Waals surface area contributed by atoms with Crippen LogP contribution < -0.4 is 9.42 Å². The second kappa shape index (κ2) is 11.4. The maximum absolute atomic E-state index is 11.6. The molecule has 23 heavy (non-hydrogen) atoms. The molecule has 1 aromatic carbocycles. The Morgan fingerprint density at radius 2 is 1.83 bits per heavy atom. The fourth-order valence-corrected chi connectivity index (χ4v) is 4.17. The fraction of sp³-hybridized carbons (Fsp3) is 0.625. The van der Waals surface area contributed by atoms with Crippen molar-refractivity contribution in [1.29, 1.82) is 0 Å². The molecule has 0 aliphatic carbocycles. The van der Waals surface area contributed by atoms with Gasteiger partial charge in [0.15, 0.2) is 0 Å². The summed E-state index contributed by atoms with van der Waals surface area (Å²) in [7, 11) is -4.31. The van der Waals surface area contributed by atoms with Crippen LogP contribution in [0.5, 0.6) is 5.75 Å². The summed E-state index contributed by atoms with van der Waals surface area (Å²) in [5, 5.41) is 0. The first kappa shape index (κ1) is 20.9. The van der Waals surface area contributed by atoms with Crippen molar-refractivity contribution in [2.45, 2.75) is 56.8 Å². The number of phosphoric ester groups is 1. The van der Waals surface area contributed by atoms with Gasteiger partial charge in [-0.3, -0.25) is 4.57 Å². The molecule has 7 heteroatoms. The average molecular weight is 377 g/mol. The third kappa shape index (κ3) is 8.50. The smallest absolute Gasteiger partial charge is 0.331 e. The van der Waals surface area contributed by atoms with Gasteiger partial charge in [0, 0.05) is 11.2 Å². The second-order valence-corrected chi connectivity index (χ2v) is 8.14. The van der Waals surface area contributed by atoms with E-state index in [0.29, 0.717) is 5.75 Å². The molecule has 0 N–H and O–H groups in total. The maximum atomic E-state index is 11.6. The lowest BCUT2D eigenvalue weighted by Crippen LogP contribution is -2.08. The summed E-state index contributed by atoms with van der Waals surface area (Å²) in [4.78, 5) is 12.4. The number of phosphoric acid groups is 1. The van der Waals surface area contributed by atoms with Crippen LogP contribution in [0.15, 0.2) is 23.1 Å². The van der Waals surface area contributed by atoms with Gasteiger partial charge in [0.05, 0.1) is 0 Å². The molecule has 1 rings (SSSR count). The normalized spacial score (nSPS) is 13.7. The number of aryl methyl sites for hydroxylation is 1. The lowest BCUT2D eigenvalue weighted by atomic mass is 10.0. The third-order valence-electron chi connectivity index (χ3n) is 3.42.